The summed E-state index contributed by atoms with van der Waals surface area (Å²) in [6.07, 6.45) is 2.98. The fourth-order valence-corrected chi connectivity index (χ4v) is 1.82. The van der Waals surface area contributed by atoms with E-state index in [0.717, 1.165) is 0 Å². The lowest BCUT2D eigenvalue weighted by Gasteiger charge is -1.99. The number of halogens is 2. The molecule has 0 bridgehead atoms. The second-order valence-electron chi connectivity index (χ2n) is 3.90. The number of hydrogen-bond acceptors (Lipinski definition) is 3. The van der Waals surface area contributed by atoms with E-state index in [4.69, 9.17) is 4.55 Å². The second kappa shape index (κ2) is 10.8. The van der Waals surface area contributed by atoms with Crippen LogP contribution in [0.2, 0.25) is 0 Å². The van der Waals surface area contributed by atoms with Gasteiger partial charge in [-0.3, -0.25) is 9.54 Å². The van der Waals surface area contributed by atoms with Crippen LogP contribution in [-0.2, 0) is 10.1 Å². The highest BCUT2D eigenvalue weighted by atomic mass is 32.2. The Hall–Kier alpha value is -1.08. The van der Waals surface area contributed by atoms with E-state index in [0.29, 0.717) is 25.7 Å². The summed E-state index contributed by atoms with van der Waals surface area (Å²) in [5.74, 6) is -0.276. The van der Waals surface area contributed by atoms with Crippen molar-refractivity contribution in [3.8, 4) is 0 Å². The summed E-state index contributed by atoms with van der Waals surface area (Å²) in [6, 6.07) is 5.72. The van der Waals surface area contributed by atoms with Crippen molar-refractivity contribution in [2.75, 3.05) is 5.75 Å². The maximum atomic E-state index is 11.6. The number of hydrogen-bond donors (Lipinski definition) is 1. The van der Waals surface area contributed by atoms with Gasteiger partial charge < -0.3 is 0 Å². The first-order valence-electron chi connectivity index (χ1n) is 6.00. The molecule has 7 heteroatoms. The Morgan fingerprint density at radius 2 is 1.58 bits per heavy atom. The molecule has 0 aliphatic heterocycles. The predicted molar refractivity (Wildman–Crippen MR) is 69.7 cm³/mol. The Morgan fingerprint density at radius 3 is 1.95 bits per heavy atom. The molecule has 0 saturated heterocycles. The van der Waals surface area contributed by atoms with Crippen molar-refractivity contribution >= 4 is 10.1 Å². The van der Waals surface area contributed by atoms with Gasteiger partial charge in [-0.05, 0) is 25.0 Å². The fourth-order valence-electron chi connectivity index (χ4n) is 1.25. The lowest BCUT2D eigenvalue weighted by atomic mass is 10.2. The molecule has 4 nitrogen and oxygen atoms in total. The maximum absolute atomic E-state index is 11.6. The normalized spacial score (nSPS) is 10.9. The molecule has 1 aromatic heterocycles. The first kappa shape index (κ1) is 17.9. The number of rotatable bonds is 7. The van der Waals surface area contributed by atoms with Gasteiger partial charge >= 0.3 is 0 Å². The van der Waals surface area contributed by atoms with E-state index in [1.807, 2.05) is 18.2 Å². The van der Waals surface area contributed by atoms with E-state index in [1.165, 1.54) is 0 Å². The SMILES string of the molecule is O=S(=O)(O)CCCCCCC(F)F.c1ccncc1. The third-order valence-electron chi connectivity index (χ3n) is 2.14. The summed E-state index contributed by atoms with van der Waals surface area (Å²) in [6.45, 7) is 0. The largest absolute Gasteiger partial charge is 0.286 e. The van der Waals surface area contributed by atoms with Gasteiger partial charge in [-0.15, -0.1) is 0 Å². The second-order valence-corrected chi connectivity index (χ2v) is 5.48. The molecule has 19 heavy (non-hydrogen) atoms. The molecule has 0 saturated carbocycles. The van der Waals surface area contributed by atoms with Crippen molar-refractivity contribution in [1.82, 2.24) is 4.98 Å². The molecule has 0 aromatic carbocycles. The molecule has 0 atom stereocenters. The van der Waals surface area contributed by atoms with Crippen LogP contribution in [0, 0.1) is 0 Å². The Bertz CT molecular complexity index is 372. The van der Waals surface area contributed by atoms with Crippen molar-refractivity contribution in [3.05, 3.63) is 30.6 Å². The fraction of sp³-hybridized carbons (Fsp3) is 0.583. The van der Waals surface area contributed by atoms with Crippen molar-refractivity contribution in [1.29, 1.82) is 0 Å². The van der Waals surface area contributed by atoms with Crippen LogP contribution in [0.5, 0.6) is 0 Å². The molecule has 0 aliphatic carbocycles. The predicted octanol–water partition coefficient (Wildman–Crippen LogP) is 3.17. The molecule has 1 N–H and O–H groups in total. The minimum Gasteiger partial charge on any atom is -0.286 e. The summed E-state index contributed by atoms with van der Waals surface area (Å²) in [5, 5.41) is 0. The van der Waals surface area contributed by atoms with Crippen molar-refractivity contribution in [3.63, 3.8) is 0 Å². The quantitative estimate of drug-likeness (QED) is 0.619. The molecule has 0 amide bonds. The van der Waals surface area contributed by atoms with E-state index in [-0.39, 0.29) is 12.2 Å². The average molecular weight is 295 g/mol. The van der Waals surface area contributed by atoms with Crippen molar-refractivity contribution < 1.29 is 21.8 Å². The molecule has 0 aliphatic rings. The van der Waals surface area contributed by atoms with E-state index in [1.54, 1.807) is 12.4 Å². The number of alkyl halides is 2. The van der Waals surface area contributed by atoms with Crippen LogP contribution in [0.1, 0.15) is 32.1 Å². The molecule has 1 heterocycles. The molecule has 1 rings (SSSR count). The molecular weight excluding hydrogens is 276 g/mol. The molecular formula is C12H19F2NO3S. The molecule has 0 spiro atoms. The monoisotopic (exact) mass is 295 g/mol. The van der Waals surface area contributed by atoms with Gasteiger partial charge in [0, 0.05) is 18.8 Å². The zero-order chi connectivity index (χ0) is 14.6. The number of unbranched alkanes of at least 4 members (excludes halogenated alkanes) is 3. The molecule has 0 unspecified atom stereocenters. The number of pyridine rings is 1. The third kappa shape index (κ3) is 16.9. The van der Waals surface area contributed by atoms with Gasteiger partial charge in [-0.1, -0.05) is 18.9 Å². The smallest absolute Gasteiger partial charge is 0.264 e. The zero-order valence-corrected chi connectivity index (χ0v) is 11.4. The minimum atomic E-state index is -3.88. The van der Waals surface area contributed by atoms with Crippen LogP contribution in [0.15, 0.2) is 30.6 Å². The van der Waals surface area contributed by atoms with Crippen LogP contribution in [0.25, 0.3) is 0 Å². The molecule has 110 valence electrons. The first-order valence-corrected chi connectivity index (χ1v) is 7.61. The standard InChI is InChI=1S/C7H14F2O3S.C5H5N/c8-7(9)5-3-1-2-4-6-13(10,11)12;1-2-4-6-5-3-1/h7H,1-6H2,(H,10,11,12);1-5H. The van der Waals surface area contributed by atoms with Gasteiger partial charge in [-0.25, -0.2) is 8.78 Å². The van der Waals surface area contributed by atoms with Crippen LogP contribution in [-0.4, -0.2) is 30.1 Å². The van der Waals surface area contributed by atoms with Gasteiger partial charge in [0.2, 0.25) is 6.43 Å². The Morgan fingerprint density at radius 1 is 1.00 bits per heavy atom. The summed E-state index contributed by atoms with van der Waals surface area (Å²) < 4.78 is 51.9. The van der Waals surface area contributed by atoms with Crippen LogP contribution < -0.4 is 0 Å². The Balaban J connectivity index is 0.000000443. The highest BCUT2D eigenvalue weighted by molar-refractivity contribution is 7.85. The van der Waals surface area contributed by atoms with Crippen LogP contribution in [0.3, 0.4) is 0 Å². The topological polar surface area (TPSA) is 67.3 Å². The van der Waals surface area contributed by atoms with E-state index in [2.05, 4.69) is 4.98 Å². The summed E-state index contributed by atoms with van der Waals surface area (Å²) in [5.41, 5.74) is 0. The zero-order valence-electron chi connectivity index (χ0n) is 10.6. The van der Waals surface area contributed by atoms with Crippen LogP contribution >= 0.6 is 0 Å². The third-order valence-corrected chi connectivity index (χ3v) is 2.95. The lowest BCUT2D eigenvalue weighted by molar-refractivity contribution is 0.134. The summed E-state index contributed by atoms with van der Waals surface area (Å²) in [4.78, 5) is 3.78. The maximum Gasteiger partial charge on any atom is 0.264 e. The van der Waals surface area contributed by atoms with Gasteiger partial charge in [0.05, 0.1) is 5.75 Å². The van der Waals surface area contributed by atoms with Gasteiger partial charge in [0.1, 0.15) is 0 Å². The Labute approximate surface area is 112 Å². The number of aromatic nitrogens is 1. The molecule has 1 aromatic rings. The van der Waals surface area contributed by atoms with Gasteiger partial charge in [0.15, 0.2) is 0 Å². The van der Waals surface area contributed by atoms with E-state index < -0.39 is 16.5 Å². The molecule has 0 radical (unpaired) electrons. The highest BCUT2D eigenvalue weighted by Gasteiger charge is 2.04. The Kier molecular flexibility index (Phi) is 10.2. The van der Waals surface area contributed by atoms with Crippen molar-refractivity contribution in [2.24, 2.45) is 0 Å². The summed E-state index contributed by atoms with van der Waals surface area (Å²) in [7, 11) is -3.88. The number of nitrogens with zero attached hydrogens (tertiary/aromatic N) is 1. The van der Waals surface area contributed by atoms with E-state index in [9.17, 15) is 17.2 Å². The molecule has 0 fully saturated rings. The van der Waals surface area contributed by atoms with Gasteiger partial charge in [0.25, 0.3) is 10.1 Å². The van der Waals surface area contributed by atoms with Gasteiger partial charge in [-0.2, -0.15) is 8.42 Å². The summed E-state index contributed by atoms with van der Waals surface area (Å²) >= 11 is 0. The van der Waals surface area contributed by atoms with Crippen LogP contribution in [0.4, 0.5) is 8.78 Å². The van der Waals surface area contributed by atoms with E-state index >= 15 is 0 Å². The first-order chi connectivity index (χ1) is 8.92. The van der Waals surface area contributed by atoms with Crippen molar-refractivity contribution in [2.45, 2.75) is 38.5 Å². The highest BCUT2D eigenvalue weighted by Crippen LogP contribution is 2.09. The average Bonchev–Trinajstić information content (AvgIpc) is 2.35. The lowest BCUT2D eigenvalue weighted by Crippen LogP contribution is -2.03. The minimum absolute atomic E-state index is 0.133.